The van der Waals surface area contributed by atoms with Gasteiger partial charge in [-0.05, 0) is 53.7 Å². The van der Waals surface area contributed by atoms with E-state index in [4.69, 9.17) is 23.2 Å². The lowest BCUT2D eigenvalue weighted by molar-refractivity contribution is 0.598. The molecule has 7 nitrogen and oxygen atoms in total. The quantitative estimate of drug-likeness (QED) is 0.724. The van der Waals surface area contributed by atoms with E-state index in [1.807, 2.05) is 0 Å². The van der Waals surface area contributed by atoms with Crippen LogP contribution in [0.1, 0.15) is 5.82 Å². The van der Waals surface area contributed by atoms with Gasteiger partial charge in [-0.1, -0.05) is 23.2 Å². The first-order valence-electron chi connectivity index (χ1n) is 6.80. The van der Waals surface area contributed by atoms with E-state index in [2.05, 4.69) is 20.2 Å². The van der Waals surface area contributed by atoms with E-state index in [0.29, 0.717) is 11.5 Å². The molecule has 2 aromatic carbocycles. The minimum atomic E-state index is -4.10. The molecule has 0 saturated heterocycles. The molecule has 25 heavy (non-hydrogen) atoms. The Morgan fingerprint density at radius 2 is 1.80 bits per heavy atom. The average molecular weight is 402 g/mol. The van der Waals surface area contributed by atoms with Crippen molar-refractivity contribution in [2.45, 2.75) is 11.8 Å². The summed E-state index contributed by atoms with van der Waals surface area (Å²) in [6.07, 6.45) is 0. The molecule has 0 bridgehead atoms. The third-order valence-electron chi connectivity index (χ3n) is 3.21. The highest BCUT2D eigenvalue weighted by Gasteiger charge is 2.19. The molecule has 3 aromatic rings. The predicted octanol–water partition coefficient (Wildman–Crippen LogP) is 3.22. The SMILES string of the molecule is Cc1nnnn1-c1ccc(F)c(NS(=O)(=O)c2cc(Cl)cc(Cl)c2)c1. The van der Waals surface area contributed by atoms with Gasteiger partial charge in [-0.3, -0.25) is 4.72 Å². The van der Waals surface area contributed by atoms with Crippen LogP contribution >= 0.6 is 23.2 Å². The molecule has 11 heteroatoms. The number of anilines is 1. The van der Waals surface area contributed by atoms with Gasteiger partial charge in [0.05, 0.1) is 16.3 Å². The topological polar surface area (TPSA) is 89.8 Å². The van der Waals surface area contributed by atoms with Crippen LogP contribution in [-0.2, 0) is 10.0 Å². The molecule has 0 aliphatic carbocycles. The van der Waals surface area contributed by atoms with E-state index in [0.717, 1.165) is 6.07 Å². The minimum absolute atomic E-state index is 0.145. The second kappa shape index (κ2) is 6.58. The largest absolute Gasteiger partial charge is 0.277 e. The summed E-state index contributed by atoms with van der Waals surface area (Å²) in [6.45, 7) is 1.65. The monoisotopic (exact) mass is 401 g/mol. The van der Waals surface area contributed by atoms with Crippen LogP contribution in [0.5, 0.6) is 0 Å². The third kappa shape index (κ3) is 3.73. The lowest BCUT2D eigenvalue weighted by atomic mass is 10.2. The van der Waals surface area contributed by atoms with Crippen molar-refractivity contribution in [3.8, 4) is 5.69 Å². The molecule has 1 N–H and O–H groups in total. The lowest BCUT2D eigenvalue weighted by Crippen LogP contribution is -2.14. The number of hydrogen-bond acceptors (Lipinski definition) is 5. The van der Waals surface area contributed by atoms with Crippen molar-refractivity contribution in [3.05, 3.63) is 58.1 Å². The number of hydrogen-bond donors (Lipinski definition) is 1. The van der Waals surface area contributed by atoms with Crippen LogP contribution in [0.2, 0.25) is 10.0 Å². The smallest absolute Gasteiger partial charge is 0.262 e. The average Bonchev–Trinajstić information content (AvgIpc) is 2.94. The summed E-state index contributed by atoms with van der Waals surface area (Å²) in [5, 5.41) is 11.3. The van der Waals surface area contributed by atoms with Gasteiger partial charge < -0.3 is 0 Å². The highest BCUT2D eigenvalue weighted by Crippen LogP contribution is 2.26. The van der Waals surface area contributed by atoms with Crippen molar-refractivity contribution in [2.24, 2.45) is 0 Å². The molecule has 0 fully saturated rings. The van der Waals surface area contributed by atoms with Crippen LogP contribution in [0, 0.1) is 12.7 Å². The Hall–Kier alpha value is -2.23. The number of nitrogens with zero attached hydrogens (tertiary/aromatic N) is 4. The van der Waals surface area contributed by atoms with E-state index in [1.54, 1.807) is 6.92 Å². The van der Waals surface area contributed by atoms with Crippen molar-refractivity contribution < 1.29 is 12.8 Å². The van der Waals surface area contributed by atoms with Crippen LogP contribution < -0.4 is 4.72 Å². The van der Waals surface area contributed by atoms with Crippen LogP contribution in [0.3, 0.4) is 0 Å². The lowest BCUT2D eigenvalue weighted by Gasteiger charge is -2.11. The van der Waals surface area contributed by atoms with Gasteiger partial charge in [0.15, 0.2) is 5.82 Å². The number of tetrazole rings is 1. The van der Waals surface area contributed by atoms with Gasteiger partial charge >= 0.3 is 0 Å². The molecule has 0 aliphatic rings. The Kier molecular flexibility index (Phi) is 4.63. The number of aromatic nitrogens is 4. The van der Waals surface area contributed by atoms with Gasteiger partial charge in [0, 0.05) is 10.0 Å². The van der Waals surface area contributed by atoms with Crippen molar-refractivity contribution in [1.82, 2.24) is 20.2 Å². The molecular weight excluding hydrogens is 392 g/mol. The highest BCUT2D eigenvalue weighted by atomic mass is 35.5. The molecule has 0 radical (unpaired) electrons. The summed E-state index contributed by atoms with van der Waals surface area (Å²) in [7, 11) is -4.10. The van der Waals surface area contributed by atoms with Crippen LogP contribution in [0.4, 0.5) is 10.1 Å². The number of benzene rings is 2. The van der Waals surface area contributed by atoms with Crippen LogP contribution in [0.15, 0.2) is 41.3 Å². The van der Waals surface area contributed by atoms with E-state index in [-0.39, 0.29) is 20.6 Å². The van der Waals surface area contributed by atoms with Gasteiger partial charge in [-0.2, -0.15) is 4.68 Å². The molecule has 0 aliphatic heterocycles. The normalized spacial score (nSPS) is 11.5. The number of sulfonamides is 1. The van der Waals surface area contributed by atoms with Gasteiger partial charge in [0.2, 0.25) is 0 Å². The molecule has 130 valence electrons. The Labute approximate surface area is 152 Å². The predicted molar refractivity (Wildman–Crippen MR) is 91.1 cm³/mol. The zero-order chi connectivity index (χ0) is 18.2. The maximum atomic E-state index is 14.1. The Morgan fingerprint density at radius 3 is 2.40 bits per heavy atom. The Bertz CT molecular complexity index is 1030. The fourth-order valence-electron chi connectivity index (χ4n) is 2.08. The van der Waals surface area contributed by atoms with Gasteiger partial charge in [0.25, 0.3) is 10.0 Å². The fourth-order valence-corrected chi connectivity index (χ4v) is 3.86. The molecule has 3 rings (SSSR count). The number of aryl methyl sites for hydroxylation is 1. The first-order chi connectivity index (χ1) is 11.8. The van der Waals surface area contributed by atoms with E-state index < -0.39 is 15.8 Å². The third-order valence-corrected chi connectivity index (χ3v) is 4.99. The van der Waals surface area contributed by atoms with Crippen LogP contribution in [-0.4, -0.2) is 28.6 Å². The molecule has 1 heterocycles. The zero-order valence-corrected chi connectivity index (χ0v) is 14.9. The van der Waals surface area contributed by atoms with Crippen molar-refractivity contribution in [3.63, 3.8) is 0 Å². The second-order valence-electron chi connectivity index (χ2n) is 5.01. The molecular formula is C14H10Cl2FN5O2S. The second-order valence-corrected chi connectivity index (χ2v) is 7.57. The van der Waals surface area contributed by atoms with E-state index in [1.165, 1.54) is 35.0 Å². The number of nitrogens with one attached hydrogen (secondary N) is 1. The van der Waals surface area contributed by atoms with E-state index in [9.17, 15) is 12.8 Å². The summed E-state index contributed by atoms with van der Waals surface area (Å²) >= 11 is 11.6. The molecule has 0 atom stereocenters. The van der Waals surface area contributed by atoms with Gasteiger partial charge in [-0.15, -0.1) is 5.10 Å². The van der Waals surface area contributed by atoms with Gasteiger partial charge in [0.1, 0.15) is 5.82 Å². The summed E-state index contributed by atoms with van der Waals surface area (Å²) in [6, 6.07) is 7.63. The Balaban J connectivity index is 2.01. The Morgan fingerprint density at radius 1 is 1.12 bits per heavy atom. The maximum Gasteiger partial charge on any atom is 0.262 e. The number of rotatable bonds is 4. The van der Waals surface area contributed by atoms with E-state index >= 15 is 0 Å². The molecule has 1 aromatic heterocycles. The highest BCUT2D eigenvalue weighted by molar-refractivity contribution is 7.92. The first kappa shape index (κ1) is 17.6. The molecule has 0 unspecified atom stereocenters. The molecule has 0 amide bonds. The summed E-state index contributed by atoms with van der Waals surface area (Å²) < 4.78 is 42.6. The maximum absolute atomic E-state index is 14.1. The summed E-state index contributed by atoms with van der Waals surface area (Å²) in [5.74, 6) is -0.298. The van der Waals surface area contributed by atoms with Crippen molar-refractivity contribution >= 4 is 38.9 Å². The summed E-state index contributed by atoms with van der Waals surface area (Å²) in [4.78, 5) is -0.187. The summed E-state index contributed by atoms with van der Waals surface area (Å²) in [5.41, 5.74) is 0.134. The number of halogens is 3. The van der Waals surface area contributed by atoms with Crippen molar-refractivity contribution in [2.75, 3.05) is 4.72 Å². The van der Waals surface area contributed by atoms with Gasteiger partial charge in [-0.25, -0.2) is 12.8 Å². The standard InChI is InChI=1S/C14H10Cl2FN5O2S/c1-8-18-20-21-22(8)11-2-3-13(17)14(7-11)19-25(23,24)12-5-9(15)4-10(16)6-12/h2-7,19H,1H3. The fraction of sp³-hybridized carbons (Fsp3) is 0.0714. The zero-order valence-electron chi connectivity index (χ0n) is 12.6. The minimum Gasteiger partial charge on any atom is -0.277 e. The van der Waals surface area contributed by atoms with Crippen LogP contribution in [0.25, 0.3) is 5.69 Å². The van der Waals surface area contributed by atoms with Crippen molar-refractivity contribution in [1.29, 1.82) is 0 Å². The molecule has 0 saturated carbocycles. The molecule has 0 spiro atoms. The first-order valence-corrected chi connectivity index (χ1v) is 9.04.